The first kappa shape index (κ1) is 11.1. The van der Waals surface area contributed by atoms with Gasteiger partial charge < -0.3 is 15.3 Å². The number of carboxylic acids is 1. The zero-order valence-electron chi connectivity index (χ0n) is 7.68. The second kappa shape index (κ2) is 5.72. The van der Waals surface area contributed by atoms with Gasteiger partial charge in [0, 0.05) is 0 Å². The molecule has 0 amide bonds. The predicted octanol–water partition coefficient (Wildman–Crippen LogP) is 1.31. The minimum atomic E-state index is -0.813. The highest BCUT2D eigenvalue weighted by Gasteiger charge is 2.17. The Bertz CT molecular complexity index is 274. The molecule has 0 saturated heterocycles. The van der Waals surface area contributed by atoms with Crippen LogP contribution in [-0.4, -0.2) is 22.9 Å². The van der Waals surface area contributed by atoms with Crippen molar-refractivity contribution in [2.45, 2.75) is 17.4 Å². The molecular formula is C9H13NO3S. The van der Waals surface area contributed by atoms with E-state index < -0.39 is 11.2 Å². The molecule has 0 fully saturated rings. The normalized spacial score (nSPS) is 12.6. The van der Waals surface area contributed by atoms with Gasteiger partial charge in [0.25, 0.3) is 0 Å². The van der Waals surface area contributed by atoms with Gasteiger partial charge in [-0.05, 0) is 25.1 Å². The summed E-state index contributed by atoms with van der Waals surface area (Å²) >= 11 is 1.34. The van der Waals surface area contributed by atoms with Crippen molar-refractivity contribution in [2.75, 3.05) is 6.54 Å². The Labute approximate surface area is 86.5 Å². The van der Waals surface area contributed by atoms with Crippen molar-refractivity contribution in [3.05, 3.63) is 24.2 Å². The lowest BCUT2D eigenvalue weighted by Gasteiger charge is -2.08. The van der Waals surface area contributed by atoms with E-state index in [1.165, 1.54) is 11.8 Å². The molecule has 4 nitrogen and oxygen atoms in total. The number of carboxylic acid groups (broad SMARTS) is 1. The van der Waals surface area contributed by atoms with Gasteiger partial charge >= 0.3 is 5.97 Å². The van der Waals surface area contributed by atoms with Crippen molar-refractivity contribution in [3.8, 4) is 0 Å². The molecule has 1 heterocycles. The van der Waals surface area contributed by atoms with Crippen LogP contribution in [0.5, 0.6) is 0 Å². The van der Waals surface area contributed by atoms with Crippen LogP contribution in [0.1, 0.15) is 12.2 Å². The van der Waals surface area contributed by atoms with Gasteiger partial charge in [-0.2, -0.15) is 0 Å². The van der Waals surface area contributed by atoms with E-state index in [0.29, 0.717) is 18.7 Å². The van der Waals surface area contributed by atoms with E-state index in [2.05, 4.69) is 0 Å². The number of furan rings is 1. The summed E-state index contributed by atoms with van der Waals surface area (Å²) in [6.07, 6.45) is 2.06. The summed E-state index contributed by atoms with van der Waals surface area (Å²) in [6, 6.07) is 3.61. The molecule has 1 aromatic heterocycles. The SMILES string of the molecule is NCCC(SCc1ccco1)C(=O)O. The number of nitrogens with two attached hydrogens (primary N) is 1. The lowest BCUT2D eigenvalue weighted by molar-refractivity contribution is -0.136. The van der Waals surface area contributed by atoms with Crippen molar-refractivity contribution in [1.29, 1.82) is 0 Å². The van der Waals surface area contributed by atoms with Crippen molar-refractivity contribution in [1.82, 2.24) is 0 Å². The maximum absolute atomic E-state index is 10.7. The maximum atomic E-state index is 10.7. The molecule has 0 saturated carbocycles. The van der Waals surface area contributed by atoms with E-state index in [1.54, 1.807) is 12.3 Å². The summed E-state index contributed by atoms with van der Waals surface area (Å²) in [5.41, 5.74) is 5.32. The highest BCUT2D eigenvalue weighted by molar-refractivity contribution is 7.99. The van der Waals surface area contributed by atoms with Crippen molar-refractivity contribution < 1.29 is 14.3 Å². The van der Waals surface area contributed by atoms with Crippen LogP contribution in [0.3, 0.4) is 0 Å². The number of aliphatic carboxylic acids is 1. The van der Waals surface area contributed by atoms with Gasteiger partial charge in [0.15, 0.2) is 0 Å². The molecule has 0 radical (unpaired) electrons. The van der Waals surface area contributed by atoms with Gasteiger partial charge in [-0.3, -0.25) is 4.79 Å². The van der Waals surface area contributed by atoms with E-state index in [4.69, 9.17) is 15.3 Å². The fraction of sp³-hybridized carbons (Fsp3) is 0.444. The minimum Gasteiger partial charge on any atom is -0.480 e. The zero-order valence-corrected chi connectivity index (χ0v) is 8.50. The first-order chi connectivity index (χ1) is 6.74. The second-order valence-corrected chi connectivity index (χ2v) is 3.99. The third-order valence-corrected chi connectivity index (χ3v) is 3.00. The standard InChI is InChI=1S/C9H13NO3S/c10-4-3-8(9(11)12)14-6-7-2-1-5-13-7/h1-2,5,8H,3-4,6,10H2,(H,11,12). The first-order valence-corrected chi connectivity index (χ1v) is 5.35. The molecule has 0 aliphatic carbocycles. The van der Waals surface area contributed by atoms with E-state index >= 15 is 0 Å². The summed E-state index contributed by atoms with van der Waals surface area (Å²) < 4.78 is 5.10. The second-order valence-electron chi connectivity index (χ2n) is 2.79. The Morgan fingerprint density at radius 3 is 3.00 bits per heavy atom. The van der Waals surface area contributed by atoms with E-state index in [1.807, 2.05) is 6.07 Å². The number of thioether (sulfide) groups is 1. The molecule has 3 N–H and O–H groups in total. The molecule has 0 aromatic carbocycles. The highest BCUT2D eigenvalue weighted by atomic mass is 32.2. The summed E-state index contributed by atoms with van der Waals surface area (Å²) in [4.78, 5) is 10.7. The summed E-state index contributed by atoms with van der Waals surface area (Å²) in [5.74, 6) is 0.550. The van der Waals surface area contributed by atoms with Gasteiger partial charge in [0.1, 0.15) is 11.0 Å². The molecule has 0 bridgehead atoms. The molecule has 0 aliphatic rings. The monoisotopic (exact) mass is 215 g/mol. The minimum absolute atomic E-state index is 0.391. The molecular weight excluding hydrogens is 202 g/mol. The molecule has 1 aromatic rings. The molecule has 1 atom stereocenters. The Balaban J connectivity index is 2.37. The van der Waals surface area contributed by atoms with Gasteiger partial charge in [-0.25, -0.2) is 0 Å². The van der Waals surface area contributed by atoms with Crippen molar-refractivity contribution >= 4 is 17.7 Å². The third kappa shape index (κ3) is 3.43. The van der Waals surface area contributed by atoms with E-state index in [9.17, 15) is 4.79 Å². The fourth-order valence-corrected chi connectivity index (χ4v) is 1.98. The number of hydrogen-bond acceptors (Lipinski definition) is 4. The van der Waals surface area contributed by atoms with Crippen LogP contribution in [0.25, 0.3) is 0 Å². The van der Waals surface area contributed by atoms with Crippen LogP contribution in [0, 0.1) is 0 Å². The lowest BCUT2D eigenvalue weighted by Crippen LogP contribution is -2.20. The molecule has 0 spiro atoms. The number of hydrogen-bond donors (Lipinski definition) is 2. The fourth-order valence-electron chi connectivity index (χ4n) is 1.01. The Hall–Kier alpha value is -0.940. The average molecular weight is 215 g/mol. The van der Waals surface area contributed by atoms with Crippen LogP contribution in [-0.2, 0) is 10.5 Å². The van der Waals surface area contributed by atoms with Crippen LogP contribution in [0.2, 0.25) is 0 Å². The summed E-state index contributed by atoms with van der Waals surface area (Å²) in [7, 11) is 0. The largest absolute Gasteiger partial charge is 0.480 e. The summed E-state index contributed by atoms with van der Waals surface area (Å²) in [6.45, 7) is 0.391. The Morgan fingerprint density at radius 1 is 1.71 bits per heavy atom. The quantitative estimate of drug-likeness (QED) is 0.748. The molecule has 1 unspecified atom stereocenters. The number of carbonyl (C=O) groups is 1. The molecule has 78 valence electrons. The molecule has 0 aliphatic heterocycles. The van der Waals surface area contributed by atoms with Crippen molar-refractivity contribution in [3.63, 3.8) is 0 Å². The van der Waals surface area contributed by atoms with E-state index in [0.717, 1.165) is 5.76 Å². The van der Waals surface area contributed by atoms with E-state index in [-0.39, 0.29) is 0 Å². The van der Waals surface area contributed by atoms with Gasteiger partial charge in [0.2, 0.25) is 0 Å². The Morgan fingerprint density at radius 2 is 2.50 bits per heavy atom. The van der Waals surface area contributed by atoms with Crippen LogP contribution in [0.15, 0.2) is 22.8 Å². The highest BCUT2D eigenvalue weighted by Crippen LogP contribution is 2.20. The molecule has 5 heteroatoms. The average Bonchev–Trinajstić information content (AvgIpc) is 2.64. The van der Waals surface area contributed by atoms with Crippen molar-refractivity contribution in [2.24, 2.45) is 5.73 Å². The zero-order chi connectivity index (χ0) is 10.4. The Kier molecular flexibility index (Phi) is 4.55. The van der Waals surface area contributed by atoms with Crippen LogP contribution in [0.4, 0.5) is 0 Å². The van der Waals surface area contributed by atoms with Crippen LogP contribution >= 0.6 is 11.8 Å². The smallest absolute Gasteiger partial charge is 0.316 e. The lowest BCUT2D eigenvalue weighted by atomic mass is 10.3. The van der Waals surface area contributed by atoms with Crippen LogP contribution < -0.4 is 5.73 Å². The van der Waals surface area contributed by atoms with Gasteiger partial charge in [-0.15, -0.1) is 11.8 Å². The topological polar surface area (TPSA) is 76.5 Å². The molecule has 1 rings (SSSR count). The van der Waals surface area contributed by atoms with Gasteiger partial charge in [-0.1, -0.05) is 0 Å². The third-order valence-electron chi connectivity index (χ3n) is 1.71. The van der Waals surface area contributed by atoms with Gasteiger partial charge in [0.05, 0.1) is 12.0 Å². The first-order valence-electron chi connectivity index (χ1n) is 4.31. The predicted molar refractivity (Wildman–Crippen MR) is 55.1 cm³/mol. The molecule has 14 heavy (non-hydrogen) atoms. The number of rotatable bonds is 6. The summed E-state index contributed by atoms with van der Waals surface area (Å²) in [5, 5.41) is 8.39. The maximum Gasteiger partial charge on any atom is 0.316 e.